The predicted octanol–water partition coefficient (Wildman–Crippen LogP) is 3.74. The molecule has 0 bridgehead atoms. The van der Waals surface area contributed by atoms with Crippen LogP contribution in [0.2, 0.25) is 5.02 Å². The van der Waals surface area contributed by atoms with Gasteiger partial charge in [-0.1, -0.05) is 17.7 Å². The van der Waals surface area contributed by atoms with Crippen LogP contribution in [-0.2, 0) is 0 Å². The fourth-order valence-corrected chi connectivity index (χ4v) is 2.62. The van der Waals surface area contributed by atoms with Crippen molar-refractivity contribution in [2.75, 3.05) is 5.32 Å². The Hall–Kier alpha value is -2.05. The third-order valence-electron chi connectivity index (χ3n) is 2.64. The number of carbonyl (C=O) groups is 1. The standard InChI is InChI=1S/C13H7ClFN3OS/c14-7-4-5-9-12(16-6-20-9)11(7)18-13(19)8-2-1-3-10(15)17-8/h1-6H,(H,18,19). The Kier molecular flexibility index (Phi) is 3.33. The maximum Gasteiger partial charge on any atom is 0.274 e. The van der Waals surface area contributed by atoms with E-state index in [-0.39, 0.29) is 5.69 Å². The maximum absolute atomic E-state index is 13.0. The van der Waals surface area contributed by atoms with E-state index in [1.807, 2.05) is 6.07 Å². The third-order valence-corrected chi connectivity index (χ3v) is 3.75. The van der Waals surface area contributed by atoms with E-state index >= 15 is 0 Å². The molecule has 1 aromatic carbocycles. The van der Waals surface area contributed by atoms with Crippen molar-refractivity contribution in [3.63, 3.8) is 0 Å². The van der Waals surface area contributed by atoms with Crippen LogP contribution in [0.4, 0.5) is 10.1 Å². The maximum atomic E-state index is 13.0. The van der Waals surface area contributed by atoms with Crippen LogP contribution in [0.5, 0.6) is 0 Å². The number of benzene rings is 1. The Bertz CT molecular complexity index is 805. The van der Waals surface area contributed by atoms with E-state index in [1.54, 1.807) is 11.6 Å². The lowest BCUT2D eigenvalue weighted by molar-refractivity contribution is 0.102. The summed E-state index contributed by atoms with van der Waals surface area (Å²) in [6, 6.07) is 7.52. The molecule has 0 aliphatic heterocycles. The molecule has 0 aliphatic rings. The number of aromatic nitrogens is 2. The summed E-state index contributed by atoms with van der Waals surface area (Å²) in [5.41, 5.74) is 2.65. The molecule has 0 spiro atoms. The van der Waals surface area contributed by atoms with E-state index in [4.69, 9.17) is 11.6 Å². The SMILES string of the molecule is O=C(Nc1c(Cl)ccc2scnc12)c1cccc(F)n1. The Balaban J connectivity index is 1.99. The number of hydrogen-bond acceptors (Lipinski definition) is 4. The summed E-state index contributed by atoms with van der Waals surface area (Å²) in [6.45, 7) is 0. The first-order valence-electron chi connectivity index (χ1n) is 5.61. The molecule has 3 rings (SSSR count). The van der Waals surface area contributed by atoms with Gasteiger partial charge in [0, 0.05) is 0 Å². The molecule has 0 unspecified atom stereocenters. The zero-order valence-electron chi connectivity index (χ0n) is 9.93. The topological polar surface area (TPSA) is 54.9 Å². The molecule has 2 heterocycles. The highest BCUT2D eigenvalue weighted by molar-refractivity contribution is 7.16. The van der Waals surface area contributed by atoms with Crippen molar-refractivity contribution < 1.29 is 9.18 Å². The first-order chi connectivity index (χ1) is 9.65. The normalized spacial score (nSPS) is 10.7. The Morgan fingerprint density at radius 1 is 1.30 bits per heavy atom. The van der Waals surface area contributed by atoms with E-state index in [1.165, 1.54) is 29.5 Å². The summed E-state index contributed by atoms with van der Waals surface area (Å²) in [5.74, 6) is -1.25. The van der Waals surface area contributed by atoms with Gasteiger partial charge in [0.05, 0.1) is 20.9 Å². The molecule has 0 saturated heterocycles. The lowest BCUT2D eigenvalue weighted by atomic mass is 10.2. The van der Waals surface area contributed by atoms with Crippen molar-refractivity contribution in [1.29, 1.82) is 0 Å². The zero-order chi connectivity index (χ0) is 14.1. The zero-order valence-corrected chi connectivity index (χ0v) is 11.5. The van der Waals surface area contributed by atoms with E-state index in [0.29, 0.717) is 16.2 Å². The number of fused-ring (bicyclic) bond motifs is 1. The fourth-order valence-electron chi connectivity index (χ4n) is 1.74. The summed E-state index contributed by atoms with van der Waals surface area (Å²) < 4.78 is 13.9. The fraction of sp³-hybridized carbons (Fsp3) is 0. The molecule has 0 radical (unpaired) electrons. The summed E-state index contributed by atoms with van der Waals surface area (Å²) in [7, 11) is 0. The first-order valence-corrected chi connectivity index (χ1v) is 6.86. The van der Waals surface area contributed by atoms with Crippen LogP contribution >= 0.6 is 22.9 Å². The number of rotatable bonds is 2. The van der Waals surface area contributed by atoms with E-state index in [0.717, 1.165) is 4.70 Å². The highest BCUT2D eigenvalue weighted by Gasteiger charge is 2.14. The molecular formula is C13H7ClFN3OS. The van der Waals surface area contributed by atoms with Crippen LogP contribution in [-0.4, -0.2) is 15.9 Å². The van der Waals surface area contributed by atoms with Gasteiger partial charge in [0.2, 0.25) is 5.95 Å². The largest absolute Gasteiger partial charge is 0.317 e. The molecule has 100 valence electrons. The minimum absolute atomic E-state index is 0.0201. The molecule has 1 amide bonds. The van der Waals surface area contributed by atoms with Gasteiger partial charge in [-0.05, 0) is 24.3 Å². The summed E-state index contributed by atoms with van der Waals surface area (Å²) in [6.07, 6.45) is 0. The van der Waals surface area contributed by atoms with Crippen molar-refractivity contribution in [3.05, 3.63) is 52.5 Å². The van der Waals surface area contributed by atoms with E-state index in [9.17, 15) is 9.18 Å². The van der Waals surface area contributed by atoms with Gasteiger partial charge in [-0.2, -0.15) is 4.39 Å². The number of hydrogen-bond donors (Lipinski definition) is 1. The average molecular weight is 308 g/mol. The molecule has 0 saturated carbocycles. The molecule has 7 heteroatoms. The molecular weight excluding hydrogens is 301 g/mol. The monoisotopic (exact) mass is 307 g/mol. The average Bonchev–Trinajstić information content (AvgIpc) is 2.90. The smallest absolute Gasteiger partial charge is 0.274 e. The van der Waals surface area contributed by atoms with Crippen LogP contribution in [0.25, 0.3) is 10.2 Å². The Morgan fingerprint density at radius 3 is 2.95 bits per heavy atom. The minimum atomic E-state index is -0.712. The number of amides is 1. The van der Waals surface area contributed by atoms with Crippen LogP contribution in [0.1, 0.15) is 10.5 Å². The molecule has 0 fully saturated rings. The van der Waals surface area contributed by atoms with Gasteiger partial charge in [0.1, 0.15) is 11.2 Å². The second-order valence-electron chi connectivity index (χ2n) is 3.92. The number of anilines is 1. The van der Waals surface area contributed by atoms with Crippen LogP contribution in [0.3, 0.4) is 0 Å². The quantitative estimate of drug-likeness (QED) is 0.734. The number of thiazole rings is 1. The molecule has 0 atom stereocenters. The molecule has 2 aromatic heterocycles. The van der Waals surface area contributed by atoms with Gasteiger partial charge in [0.15, 0.2) is 0 Å². The second kappa shape index (κ2) is 5.15. The highest BCUT2D eigenvalue weighted by atomic mass is 35.5. The van der Waals surface area contributed by atoms with Crippen LogP contribution < -0.4 is 5.32 Å². The molecule has 4 nitrogen and oxygen atoms in total. The number of nitrogens with zero attached hydrogens (tertiary/aromatic N) is 2. The summed E-state index contributed by atoms with van der Waals surface area (Å²) >= 11 is 7.52. The highest BCUT2D eigenvalue weighted by Crippen LogP contribution is 2.32. The second-order valence-corrected chi connectivity index (χ2v) is 5.21. The van der Waals surface area contributed by atoms with Crippen molar-refractivity contribution in [2.45, 2.75) is 0 Å². The molecule has 0 aliphatic carbocycles. The van der Waals surface area contributed by atoms with Crippen molar-refractivity contribution >= 4 is 44.7 Å². The van der Waals surface area contributed by atoms with Crippen molar-refractivity contribution in [1.82, 2.24) is 9.97 Å². The van der Waals surface area contributed by atoms with Gasteiger partial charge in [-0.15, -0.1) is 11.3 Å². The van der Waals surface area contributed by atoms with E-state index in [2.05, 4.69) is 15.3 Å². The van der Waals surface area contributed by atoms with Gasteiger partial charge < -0.3 is 5.32 Å². The lowest BCUT2D eigenvalue weighted by Gasteiger charge is -2.07. The molecule has 20 heavy (non-hydrogen) atoms. The van der Waals surface area contributed by atoms with Gasteiger partial charge >= 0.3 is 0 Å². The van der Waals surface area contributed by atoms with Gasteiger partial charge in [-0.25, -0.2) is 9.97 Å². The molecule has 1 N–H and O–H groups in total. The van der Waals surface area contributed by atoms with Crippen LogP contribution in [0.15, 0.2) is 35.8 Å². The van der Waals surface area contributed by atoms with Gasteiger partial charge in [-0.3, -0.25) is 4.79 Å². The number of halogens is 2. The number of pyridine rings is 1. The first kappa shape index (κ1) is 13.0. The van der Waals surface area contributed by atoms with Crippen molar-refractivity contribution in [2.24, 2.45) is 0 Å². The number of carbonyl (C=O) groups excluding carboxylic acids is 1. The minimum Gasteiger partial charge on any atom is -0.317 e. The Morgan fingerprint density at radius 2 is 2.15 bits per heavy atom. The summed E-state index contributed by atoms with van der Waals surface area (Å²) in [5, 5.41) is 3.00. The van der Waals surface area contributed by atoms with Crippen LogP contribution in [0, 0.1) is 5.95 Å². The predicted molar refractivity (Wildman–Crippen MR) is 76.8 cm³/mol. The molecule has 3 aromatic rings. The Labute approximate surface area is 122 Å². The van der Waals surface area contributed by atoms with E-state index < -0.39 is 11.9 Å². The van der Waals surface area contributed by atoms with Gasteiger partial charge in [0.25, 0.3) is 5.91 Å². The number of nitrogens with one attached hydrogen (secondary N) is 1. The summed E-state index contributed by atoms with van der Waals surface area (Å²) in [4.78, 5) is 19.8. The lowest BCUT2D eigenvalue weighted by Crippen LogP contribution is -2.14. The third kappa shape index (κ3) is 2.35. The van der Waals surface area contributed by atoms with Crippen molar-refractivity contribution in [3.8, 4) is 0 Å².